The van der Waals surface area contributed by atoms with E-state index >= 15 is 0 Å². The molecule has 222 valence electrons. The third-order valence-electron chi connectivity index (χ3n) is 7.17. The highest BCUT2D eigenvalue weighted by Gasteiger charge is 2.22. The highest BCUT2D eigenvalue weighted by atomic mass is 19.1. The maximum absolute atomic E-state index is 13.8. The van der Waals surface area contributed by atoms with Crippen LogP contribution < -0.4 is 10.6 Å². The Bertz CT molecular complexity index is 1630. The quantitative estimate of drug-likeness (QED) is 0.167. The molecule has 43 heavy (non-hydrogen) atoms. The van der Waals surface area contributed by atoms with E-state index in [1.54, 1.807) is 36.4 Å². The molecule has 0 aliphatic heterocycles. The van der Waals surface area contributed by atoms with Crippen LogP contribution in [0.15, 0.2) is 71.3 Å². The summed E-state index contributed by atoms with van der Waals surface area (Å²) in [6.07, 6.45) is 3.56. The maximum Gasteiger partial charge on any atom is 0.292 e. The molecule has 2 aromatic heterocycles. The fourth-order valence-electron chi connectivity index (χ4n) is 5.09. The van der Waals surface area contributed by atoms with Crippen LogP contribution >= 0.6 is 0 Å². The van der Waals surface area contributed by atoms with Gasteiger partial charge in [-0.1, -0.05) is 39.3 Å². The van der Waals surface area contributed by atoms with E-state index in [1.165, 1.54) is 24.5 Å². The number of amides is 2. The van der Waals surface area contributed by atoms with E-state index < -0.39 is 11.7 Å². The minimum atomic E-state index is -0.632. The fourth-order valence-corrected chi connectivity index (χ4v) is 5.09. The number of carbonyl (C=O) groups excluding carboxylic acids is 2. The molecule has 2 heterocycles. The lowest BCUT2D eigenvalue weighted by Gasteiger charge is -2.29. The number of halogens is 1. The average Bonchev–Trinajstić information content (AvgIpc) is 3.53. The number of phenolic OH excluding ortho intramolecular Hbond substituents is 1. The van der Waals surface area contributed by atoms with Gasteiger partial charge in [-0.2, -0.15) is 5.26 Å². The standard InChI is InChI=1S/C33H34FN5O4/c1-4-9-24(39(5-2)6-3)18-31(41)36-23-11-7-10-21(16-23)26-19-28(25-14-13-22(34)17-29(25)40)37-32(27(26)20-35)38-33(42)30-12-8-15-43-30/h7-8,10-17,19,24,40H,4-6,9,18H2,1-3H3,(H,36,41)(H,37,38,42). The Morgan fingerprint density at radius 3 is 2.49 bits per heavy atom. The van der Waals surface area contributed by atoms with Crippen LogP contribution in [0, 0.1) is 17.1 Å². The number of aromatic hydroxyl groups is 1. The number of anilines is 2. The fraction of sp³-hybridized carbons (Fsp3) is 0.273. The zero-order chi connectivity index (χ0) is 30.9. The van der Waals surface area contributed by atoms with Gasteiger partial charge in [0.15, 0.2) is 11.6 Å². The van der Waals surface area contributed by atoms with Crippen molar-refractivity contribution >= 4 is 23.3 Å². The monoisotopic (exact) mass is 583 g/mol. The van der Waals surface area contributed by atoms with Crippen LogP contribution in [0.2, 0.25) is 0 Å². The number of furan rings is 1. The molecule has 0 bridgehead atoms. The number of aromatic nitrogens is 1. The van der Waals surface area contributed by atoms with Crippen molar-refractivity contribution in [2.24, 2.45) is 0 Å². The smallest absolute Gasteiger partial charge is 0.292 e. The summed E-state index contributed by atoms with van der Waals surface area (Å²) in [7, 11) is 0. The van der Waals surface area contributed by atoms with Gasteiger partial charge in [0, 0.05) is 35.3 Å². The van der Waals surface area contributed by atoms with E-state index in [1.807, 2.05) is 0 Å². The largest absolute Gasteiger partial charge is 0.507 e. The Labute approximate surface area is 250 Å². The van der Waals surface area contributed by atoms with Gasteiger partial charge in [0.05, 0.1) is 12.0 Å². The summed E-state index contributed by atoms with van der Waals surface area (Å²) in [5.74, 6) is -1.80. The van der Waals surface area contributed by atoms with Crippen molar-refractivity contribution in [1.82, 2.24) is 9.88 Å². The lowest BCUT2D eigenvalue weighted by molar-refractivity contribution is -0.117. The number of rotatable bonds is 12. The zero-order valence-electron chi connectivity index (χ0n) is 24.4. The van der Waals surface area contributed by atoms with Gasteiger partial charge < -0.3 is 25.1 Å². The second-order valence-corrected chi connectivity index (χ2v) is 9.98. The van der Waals surface area contributed by atoms with Crippen molar-refractivity contribution in [1.29, 1.82) is 5.26 Å². The topological polar surface area (TPSA) is 131 Å². The Balaban J connectivity index is 1.74. The molecule has 0 spiro atoms. The van der Waals surface area contributed by atoms with Gasteiger partial charge in [-0.3, -0.25) is 9.59 Å². The van der Waals surface area contributed by atoms with Gasteiger partial charge in [0.1, 0.15) is 23.2 Å². The molecule has 4 rings (SSSR count). The zero-order valence-corrected chi connectivity index (χ0v) is 24.4. The first-order valence-corrected chi connectivity index (χ1v) is 14.2. The molecule has 0 aliphatic rings. The molecule has 10 heteroatoms. The summed E-state index contributed by atoms with van der Waals surface area (Å²) in [6, 6.07) is 17.3. The predicted octanol–water partition coefficient (Wildman–Crippen LogP) is 6.82. The highest BCUT2D eigenvalue weighted by Crippen LogP contribution is 2.36. The summed E-state index contributed by atoms with van der Waals surface area (Å²) in [6.45, 7) is 7.98. The van der Waals surface area contributed by atoms with Crippen molar-refractivity contribution in [3.63, 3.8) is 0 Å². The van der Waals surface area contributed by atoms with Crippen molar-refractivity contribution in [2.75, 3.05) is 23.7 Å². The molecule has 1 atom stereocenters. The van der Waals surface area contributed by atoms with Gasteiger partial charge in [-0.15, -0.1) is 0 Å². The molecule has 4 aromatic rings. The number of nitriles is 1. The molecule has 2 aromatic carbocycles. The second kappa shape index (κ2) is 14.2. The minimum absolute atomic E-state index is 0.0121. The van der Waals surface area contributed by atoms with Gasteiger partial charge in [-0.05, 0) is 67.5 Å². The Kier molecular flexibility index (Phi) is 10.3. The number of hydrogen-bond acceptors (Lipinski definition) is 7. The van der Waals surface area contributed by atoms with Crippen molar-refractivity contribution < 1.29 is 23.5 Å². The average molecular weight is 584 g/mol. The summed E-state index contributed by atoms with van der Waals surface area (Å²) in [5, 5.41) is 26.3. The number of phenols is 1. The first-order chi connectivity index (χ1) is 20.8. The molecule has 0 saturated heterocycles. The van der Waals surface area contributed by atoms with Crippen LogP contribution in [0.5, 0.6) is 5.75 Å². The van der Waals surface area contributed by atoms with Crippen LogP contribution in [0.4, 0.5) is 15.9 Å². The van der Waals surface area contributed by atoms with E-state index in [0.717, 1.165) is 32.0 Å². The molecule has 9 nitrogen and oxygen atoms in total. The Hall–Kier alpha value is -5.01. The highest BCUT2D eigenvalue weighted by molar-refractivity contribution is 6.03. The molecule has 0 aliphatic carbocycles. The third-order valence-corrected chi connectivity index (χ3v) is 7.17. The normalized spacial score (nSPS) is 11.6. The van der Waals surface area contributed by atoms with Gasteiger partial charge in [0.2, 0.25) is 5.91 Å². The van der Waals surface area contributed by atoms with Crippen molar-refractivity contribution in [3.05, 3.63) is 84.1 Å². The van der Waals surface area contributed by atoms with Crippen LogP contribution in [0.3, 0.4) is 0 Å². The number of hydrogen-bond donors (Lipinski definition) is 3. The SMILES string of the molecule is CCCC(CC(=O)Nc1cccc(-c2cc(-c3ccc(F)cc3O)nc(NC(=O)c3ccco3)c2C#N)c1)N(CC)CC. The number of carbonyl (C=O) groups is 2. The Morgan fingerprint density at radius 1 is 1.05 bits per heavy atom. The van der Waals surface area contributed by atoms with Crippen LogP contribution in [0.1, 0.15) is 56.2 Å². The molecule has 3 N–H and O–H groups in total. The maximum atomic E-state index is 13.8. The summed E-state index contributed by atoms with van der Waals surface area (Å²) < 4.78 is 18.9. The number of nitrogens with zero attached hydrogens (tertiary/aromatic N) is 3. The molecule has 0 radical (unpaired) electrons. The van der Waals surface area contributed by atoms with Crippen LogP contribution in [0.25, 0.3) is 22.4 Å². The van der Waals surface area contributed by atoms with Crippen molar-refractivity contribution in [2.45, 2.75) is 46.1 Å². The molecular formula is C33H34FN5O4. The van der Waals surface area contributed by atoms with Crippen molar-refractivity contribution in [3.8, 4) is 34.2 Å². The Morgan fingerprint density at radius 2 is 1.84 bits per heavy atom. The molecule has 1 unspecified atom stereocenters. The first-order valence-electron chi connectivity index (χ1n) is 14.2. The predicted molar refractivity (Wildman–Crippen MR) is 163 cm³/mol. The van der Waals surface area contributed by atoms with E-state index in [2.05, 4.69) is 47.4 Å². The second-order valence-electron chi connectivity index (χ2n) is 9.98. The molecule has 0 saturated carbocycles. The number of nitrogens with one attached hydrogen (secondary N) is 2. The van der Waals surface area contributed by atoms with Gasteiger partial charge in [0.25, 0.3) is 5.91 Å². The summed E-state index contributed by atoms with van der Waals surface area (Å²) in [5.41, 5.74) is 1.92. The van der Waals surface area contributed by atoms with E-state index in [0.29, 0.717) is 23.2 Å². The number of pyridine rings is 1. The summed E-state index contributed by atoms with van der Waals surface area (Å²) >= 11 is 0. The molecule has 2 amide bonds. The lowest BCUT2D eigenvalue weighted by atomic mass is 9.97. The first kappa shape index (κ1) is 30.9. The summed E-state index contributed by atoms with van der Waals surface area (Å²) in [4.78, 5) is 32.6. The van der Waals surface area contributed by atoms with E-state index in [-0.39, 0.29) is 46.1 Å². The van der Waals surface area contributed by atoms with Gasteiger partial charge >= 0.3 is 0 Å². The lowest BCUT2D eigenvalue weighted by Crippen LogP contribution is -2.37. The van der Waals surface area contributed by atoms with Crippen LogP contribution in [-0.4, -0.2) is 45.9 Å². The van der Waals surface area contributed by atoms with E-state index in [4.69, 9.17) is 4.42 Å². The molecular weight excluding hydrogens is 549 g/mol. The van der Waals surface area contributed by atoms with E-state index in [9.17, 15) is 24.3 Å². The number of benzene rings is 2. The minimum Gasteiger partial charge on any atom is -0.507 e. The van der Waals surface area contributed by atoms with Gasteiger partial charge in [-0.25, -0.2) is 9.37 Å². The third kappa shape index (κ3) is 7.45. The van der Waals surface area contributed by atoms with Crippen LogP contribution in [-0.2, 0) is 4.79 Å². The molecule has 0 fully saturated rings.